The molecule has 0 spiro atoms. The highest BCUT2D eigenvalue weighted by atomic mass is 32.1. The SMILES string of the molecule is Cc1ncsc1CN1CC[C@H](Nc2ncnc3c2CCC3)C1. The van der Waals surface area contributed by atoms with Gasteiger partial charge in [-0.05, 0) is 32.6 Å². The Morgan fingerprint density at radius 1 is 1.32 bits per heavy atom. The van der Waals surface area contributed by atoms with Gasteiger partial charge in [0.1, 0.15) is 12.1 Å². The van der Waals surface area contributed by atoms with Crippen molar-refractivity contribution in [3.8, 4) is 0 Å². The average Bonchev–Trinajstić information content (AvgIpc) is 3.22. The number of nitrogens with zero attached hydrogens (tertiary/aromatic N) is 4. The molecule has 2 aromatic heterocycles. The number of thiazole rings is 1. The molecule has 4 rings (SSSR count). The number of nitrogens with one attached hydrogen (secondary N) is 1. The minimum absolute atomic E-state index is 0.493. The molecule has 3 heterocycles. The summed E-state index contributed by atoms with van der Waals surface area (Å²) in [6.07, 6.45) is 6.32. The highest BCUT2D eigenvalue weighted by Crippen LogP contribution is 2.27. The maximum absolute atomic E-state index is 4.48. The molecule has 116 valence electrons. The lowest BCUT2D eigenvalue weighted by atomic mass is 10.2. The Morgan fingerprint density at radius 3 is 3.14 bits per heavy atom. The molecule has 0 amide bonds. The summed E-state index contributed by atoms with van der Waals surface area (Å²) in [6.45, 7) is 5.34. The Balaban J connectivity index is 1.39. The standard InChI is InChI=1S/C16H21N5S/c1-11-15(22-10-19-11)8-21-6-5-12(7-21)20-16-13-3-2-4-14(13)17-9-18-16/h9-10,12H,2-8H2,1H3,(H,17,18,20)/t12-/m0/s1. The topological polar surface area (TPSA) is 53.9 Å². The molecule has 0 saturated carbocycles. The van der Waals surface area contributed by atoms with E-state index in [1.807, 2.05) is 5.51 Å². The molecule has 0 unspecified atom stereocenters. The van der Waals surface area contributed by atoms with E-state index in [-0.39, 0.29) is 0 Å². The van der Waals surface area contributed by atoms with Crippen molar-refractivity contribution in [1.29, 1.82) is 0 Å². The van der Waals surface area contributed by atoms with Gasteiger partial charge in [0.2, 0.25) is 0 Å². The minimum Gasteiger partial charge on any atom is -0.366 e. The Bertz CT molecular complexity index is 668. The Labute approximate surface area is 134 Å². The second-order valence-electron chi connectivity index (χ2n) is 6.23. The Kier molecular flexibility index (Phi) is 3.80. The van der Waals surface area contributed by atoms with Crippen molar-refractivity contribution in [2.45, 2.75) is 45.2 Å². The molecule has 6 heteroatoms. The minimum atomic E-state index is 0.493. The van der Waals surface area contributed by atoms with Gasteiger partial charge < -0.3 is 5.32 Å². The van der Waals surface area contributed by atoms with Gasteiger partial charge in [0.15, 0.2) is 0 Å². The van der Waals surface area contributed by atoms with Crippen molar-refractivity contribution in [2.75, 3.05) is 18.4 Å². The van der Waals surface area contributed by atoms with E-state index in [1.165, 1.54) is 34.7 Å². The maximum Gasteiger partial charge on any atom is 0.133 e. The molecule has 1 fully saturated rings. The lowest BCUT2D eigenvalue weighted by molar-refractivity contribution is 0.330. The summed E-state index contributed by atoms with van der Waals surface area (Å²) in [4.78, 5) is 17.1. The molecule has 1 aliphatic carbocycles. The smallest absolute Gasteiger partial charge is 0.133 e. The highest BCUT2D eigenvalue weighted by Gasteiger charge is 2.25. The highest BCUT2D eigenvalue weighted by molar-refractivity contribution is 7.09. The molecule has 1 N–H and O–H groups in total. The first-order valence-electron chi connectivity index (χ1n) is 8.00. The zero-order valence-electron chi connectivity index (χ0n) is 12.9. The van der Waals surface area contributed by atoms with Gasteiger partial charge in [-0.2, -0.15) is 0 Å². The van der Waals surface area contributed by atoms with Crippen LogP contribution in [-0.4, -0.2) is 39.0 Å². The molecule has 22 heavy (non-hydrogen) atoms. The van der Waals surface area contributed by atoms with Crippen LogP contribution >= 0.6 is 11.3 Å². The summed E-state index contributed by atoms with van der Waals surface area (Å²) in [5, 5.41) is 3.66. The molecule has 5 nitrogen and oxygen atoms in total. The van der Waals surface area contributed by atoms with E-state index in [0.717, 1.165) is 38.3 Å². The molecule has 1 saturated heterocycles. The Hall–Kier alpha value is -1.53. The molecular weight excluding hydrogens is 294 g/mol. The van der Waals surface area contributed by atoms with Gasteiger partial charge in [-0.25, -0.2) is 15.0 Å². The fourth-order valence-electron chi connectivity index (χ4n) is 3.45. The van der Waals surface area contributed by atoms with Crippen molar-refractivity contribution in [3.63, 3.8) is 0 Å². The number of fused-ring (bicyclic) bond motifs is 1. The van der Waals surface area contributed by atoms with E-state index in [1.54, 1.807) is 17.7 Å². The molecule has 0 bridgehead atoms. The fourth-order valence-corrected chi connectivity index (χ4v) is 4.27. The first kappa shape index (κ1) is 14.1. The van der Waals surface area contributed by atoms with Crippen LogP contribution in [-0.2, 0) is 19.4 Å². The second-order valence-corrected chi connectivity index (χ2v) is 7.17. The number of likely N-dealkylation sites (tertiary alicyclic amines) is 1. The number of aryl methyl sites for hydroxylation is 2. The quantitative estimate of drug-likeness (QED) is 0.939. The predicted octanol–water partition coefficient (Wildman–Crippen LogP) is 2.42. The van der Waals surface area contributed by atoms with E-state index < -0.39 is 0 Å². The van der Waals surface area contributed by atoms with Gasteiger partial charge in [0, 0.05) is 41.8 Å². The lowest BCUT2D eigenvalue weighted by Gasteiger charge is -2.17. The third kappa shape index (κ3) is 2.73. The number of anilines is 1. The van der Waals surface area contributed by atoms with Crippen molar-refractivity contribution < 1.29 is 0 Å². The summed E-state index contributed by atoms with van der Waals surface area (Å²) in [7, 11) is 0. The fraction of sp³-hybridized carbons (Fsp3) is 0.562. The monoisotopic (exact) mass is 315 g/mol. The van der Waals surface area contributed by atoms with Crippen LogP contribution in [0.25, 0.3) is 0 Å². The van der Waals surface area contributed by atoms with Crippen molar-refractivity contribution in [2.24, 2.45) is 0 Å². The first-order chi connectivity index (χ1) is 10.8. The summed E-state index contributed by atoms with van der Waals surface area (Å²) in [5.41, 5.74) is 5.71. The number of aromatic nitrogens is 3. The van der Waals surface area contributed by atoms with E-state index in [0.29, 0.717) is 6.04 Å². The van der Waals surface area contributed by atoms with E-state index in [4.69, 9.17) is 0 Å². The third-order valence-corrected chi connectivity index (χ3v) is 5.62. The van der Waals surface area contributed by atoms with Crippen LogP contribution < -0.4 is 5.32 Å². The van der Waals surface area contributed by atoms with Crippen LogP contribution in [0.3, 0.4) is 0 Å². The summed E-state index contributed by atoms with van der Waals surface area (Å²) in [6, 6.07) is 0.493. The summed E-state index contributed by atoms with van der Waals surface area (Å²) >= 11 is 1.76. The second kappa shape index (κ2) is 5.93. The van der Waals surface area contributed by atoms with E-state index in [9.17, 15) is 0 Å². The molecule has 2 aromatic rings. The molecule has 1 atom stereocenters. The predicted molar refractivity (Wildman–Crippen MR) is 88.2 cm³/mol. The number of hydrogen-bond donors (Lipinski definition) is 1. The van der Waals surface area contributed by atoms with Crippen LogP contribution in [0, 0.1) is 6.92 Å². The van der Waals surface area contributed by atoms with Crippen molar-refractivity contribution >= 4 is 17.2 Å². The zero-order valence-corrected chi connectivity index (χ0v) is 13.7. The zero-order chi connectivity index (χ0) is 14.9. The van der Waals surface area contributed by atoms with E-state index in [2.05, 4.69) is 32.1 Å². The maximum atomic E-state index is 4.48. The van der Waals surface area contributed by atoms with Gasteiger partial charge in [0.25, 0.3) is 0 Å². The van der Waals surface area contributed by atoms with Gasteiger partial charge >= 0.3 is 0 Å². The number of rotatable bonds is 4. The largest absolute Gasteiger partial charge is 0.366 e. The third-order valence-electron chi connectivity index (χ3n) is 4.70. The van der Waals surface area contributed by atoms with Gasteiger partial charge in [-0.15, -0.1) is 11.3 Å². The van der Waals surface area contributed by atoms with Crippen LogP contribution in [0.15, 0.2) is 11.8 Å². The van der Waals surface area contributed by atoms with Crippen LogP contribution in [0.1, 0.15) is 34.7 Å². The van der Waals surface area contributed by atoms with Crippen LogP contribution in [0.2, 0.25) is 0 Å². The van der Waals surface area contributed by atoms with E-state index >= 15 is 0 Å². The molecule has 2 aliphatic rings. The van der Waals surface area contributed by atoms with Crippen LogP contribution in [0.4, 0.5) is 5.82 Å². The molecular formula is C16H21N5S. The van der Waals surface area contributed by atoms with Crippen LogP contribution in [0.5, 0.6) is 0 Å². The van der Waals surface area contributed by atoms with Gasteiger partial charge in [0.05, 0.1) is 11.2 Å². The van der Waals surface area contributed by atoms with Gasteiger partial charge in [-0.1, -0.05) is 0 Å². The Morgan fingerprint density at radius 2 is 2.27 bits per heavy atom. The lowest BCUT2D eigenvalue weighted by Crippen LogP contribution is -2.26. The molecule has 0 radical (unpaired) electrons. The summed E-state index contributed by atoms with van der Waals surface area (Å²) in [5.74, 6) is 1.07. The first-order valence-corrected chi connectivity index (χ1v) is 8.88. The normalized spacial score (nSPS) is 21.2. The molecule has 0 aromatic carbocycles. The molecule has 1 aliphatic heterocycles. The average molecular weight is 315 g/mol. The number of hydrogen-bond acceptors (Lipinski definition) is 6. The van der Waals surface area contributed by atoms with Crippen molar-refractivity contribution in [1.82, 2.24) is 19.9 Å². The van der Waals surface area contributed by atoms with Gasteiger partial charge in [-0.3, -0.25) is 4.90 Å². The summed E-state index contributed by atoms with van der Waals surface area (Å²) < 4.78 is 0. The van der Waals surface area contributed by atoms with Crippen molar-refractivity contribution in [3.05, 3.63) is 33.7 Å².